The molecular weight excluding hydrogens is 198 g/mol. The molecule has 1 N–H and O–H groups in total. The molecule has 0 bridgehead atoms. The van der Waals surface area contributed by atoms with Crippen molar-refractivity contribution in [1.29, 1.82) is 0 Å². The van der Waals surface area contributed by atoms with Crippen LogP contribution in [0.5, 0.6) is 0 Å². The largest absolute Gasteiger partial charge is 0.380 e. The quantitative estimate of drug-likeness (QED) is 0.566. The lowest BCUT2D eigenvalue weighted by Gasteiger charge is -2.24. The van der Waals surface area contributed by atoms with Crippen molar-refractivity contribution in [3.63, 3.8) is 0 Å². The Morgan fingerprint density at radius 3 is 2.71 bits per heavy atom. The summed E-state index contributed by atoms with van der Waals surface area (Å²) in [6.07, 6.45) is 7.54. The Morgan fingerprint density at radius 1 is 1.07 bits per heavy atom. The van der Waals surface area contributed by atoms with E-state index in [0.29, 0.717) is 17.5 Å². The number of rotatable bonds is 2. The predicted molar refractivity (Wildman–Crippen MR) is 58.9 cm³/mol. The summed E-state index contributed by atoms with van der Waals surface area (Å²) in [5.41, 5.74) is 0. The Kier molecular flexibility index (Phi) is 4.09. The van der Waals surface area contributed by atoms with E-state index in [1.54, 1.807) is 0 Å². The molecule has 1 heterocycles. The standard InChI is InChI=1S/C11H20ClNO/c12-10-4-2-1-3-5-11(10)13-9-6-7-14-8-9/h9-11,13H,1-8H2. The maximum absolute atomic E-state index is 6.36. The number of nitrogens with one attached hydrogen (secondary N) is 1. The molecule has 14 heavy (non-hydrogen) atoms. The monoisotopic (exact) mass is 217 g/mol. The van der Waals surface area contributed by atoms with Gasteiger partial charge in [0.05, 0.1) is 6.61 Å². The van der Waals surface area contributed by atoms with Gasteiger partial charge >= 0.3 is 0 Å². The van der Waals surface area contributed by atoms with Crippen molar-refractivity contribution in [2.24, 2.45) is 0 Å². The molecule has 1 saturated heterocycles. The summed E-state index contributed by atoms with van der Waals surface area (Å²) in [6, 6.07) is 1.07. The van der Waals surface area contributed by atoms with Crippen LogP contribution in [0.3, 0.4) is 0 Å². The summed E-state index contributed by atoms with van der Waals surface area (Å²) in [5, 5.41) is 3.98. The lowest BCUT2D eigenvalue weighted by atomic mass is 10.1. The summed E-state index contributed by atoms with van der Waals surface area (Å²) < 4.78 is 5.36. The average Bonchev–Trinajstić information content (AvgIpc) is 2.60. The molecule has 2 aliphatic rings. The normalized spacial score (nSPS) is 39.6. The van der Waals surface area contributed by atoms with Crippen LogP contribution in [0.25, 0.3) is 0 Å². The number of halogens is 1. The first-order valence-electron chi connectivity index (χ1n) is 5.84. The Bertz CT molecular complexity index is 171. The summed E-state index contributed by atoms with van der Waals surface area (Å²) in [6.45, 7) is 1.79. The maximum Gasteiger partial charge on any atom is 0.0620 e. The third-order valence-corrected chi connectivity index (χ3v) is 3.83. The highest BCUT2D eigenvalue weighted by Gasteiger charge is 2.25. The van der Waals surface area contributed by atoms with E-state index >= 15 is 0 Å². The van der Waals surface area contributed by atoms with Crippen LogP contribution in [0.1, 0.15) is 38.5 Å². The molecule has 1 aliphatic heterocycles. The summed E-state index contributed by atoms with van der Waals surface area (Å²) in [7, 11) is 0. The minimum atomic E-state index is 0.332. The highest BCUT2D eigenvalue weighted by molar-refractivity contribution is 6.21. The first-order chi connectivity index (χ1) is 6.86. The van der Waals surface area contributed by atoms with Crippen LogP contribution in [0.15, 0.2) is 0 Å². The van der Waals surface area contributed by atoms with Crippen molar-refractivity contribution in [3.05, 3.63) is 0 Å². The van der Waals surface area contributed by atoms with Gasteiger partial charge in [-0.15, -0.1) is 11.6 Å². The second-order valence-corrected chi connectivity index (χ2v) is 5.05. The Morgan fingerprint density at radius 2 is 1.93 bits per heavy atom. The first-order valence-corrected chi connectivity index (χ1v) is 6.28. The van der Waals surface area contributed by atoms with Crippen molar-refractivity contribution in [2.75, 3.05) is 13.2 Å². The van der Waals surface area contributed by atoms with Crippen molar-refractivity contribution in [3.8, 4) is 0 Å². The van der Waals surface area contributed by atoms with Crippen LogP contribution in [0.4, 0.5) is 0 Å². The zero-order chi connectivity index (χ0) is 9.80. The molecular formula is C11H20ClNO. The predicted octanol–water partition coefficient (Wildman–Crippen LogP) is 2.30. The van der Waals surface area contributed by atoms with Gasteiger partial charge in [0.2, 0.25) is 0 Å². The number of alkyl halides is 1. The number of ether oxygens (including phenoxy) is 1. The summed E-state index contributed by atoms with van der Waals surface area (Å²) in [4.78, 5) is 0. The van der Waals surface area contributed by atoms with Gasteiger partial charge in [0, 0.05) is 24.1 Å². The third kappa shape index (κ3) is 2.85. The van der Waals surface area contributed by atoms with Gasteiger partial charge in [0.15, 0.2) is 0 Å². The highest BCUT2D eigenvalue weighted by atomic mass is 35.5. The van der Waals surface area contributed by atoms with E-state index in [2.05, 4.69) is 5.32 Å². The molecule has 2 fully saturated rings. The zero-order valence-electron chi connectivity index (χ0n) is 8.68. The molecule has 0 spiro atoms. The van der Waals surface area contributed by atoms with E-state index in [1.807, 2.05) is 0 Å². The highest BCUT2D eigenvalue weighted by Crippen LogP contribution is 2.23. The molecule has 3 unspecified atom stereocenters. The number of hydrogen-bond donors (Lipinski definition) is 1. The van der Waals surface area contributed by atoms with Crippen molar-refractivity contribution >= 4 is 11.6 Å². The fourth-order valence-corrected chi connectivity index (χ4v) is 2.77. The molecule has 0 aromatic rings. The average molecular weight is 218 g/mol. The van der Waals surface area contributed by atoms with Crippen LogP contribution in [0.2, 0.25) is 0 Å². The van der Waals surface area contributed by atoms with Crippen molar-refractivity contribution in [2.45, 2.75) is 56.0 Å². The molecule has 0 radical (unpaired) electrons. The van der Waals surface area contributed by atoms with E-state index in [0.717, 1.165) is 19.6 Å². The molecule has 3 atom stereocenters. The molecule has 82 valence electrons. The lowest BCUT2D eigenvalue weighted by Crippen LogP contribution is -2.43. The molecule has 1 saturated carbocycles. The van der Waals surface area contributed by atoms with Gasteiger partial charge < -0.3 is 10.1 Å². The molecule has 0 aromatic heterocycles. The summed E-state index contributed by atoms with van der Waals surface area (Å²) in [5.74, 6) is 0. The molecule has 1 aliphatic carbocycles. The van der Waals surface area contributed by atoms with Crippen LogP contribution in [-0.4, -0.2) is 30.7 Å². The second kappa shape index (κ2) is 5.34. The topological polar surface area (TPSA) is 21.3 Å². The SMILES string of the molecule is ClC1CCCCCC1NC1CCOC1. The van der Waals surface area contributed by atoms with Gasteiger partial charge in [0.1, 0.15) is 0 Å². The first kappa shape index (κ1) is 10.7. The zero-order valence-corrected chi connectivity index (χ0v) is 9.43. The minimum absolute atomic E-state index is 0.332. The Hall–Kier alpha value is 0.210. The van der Waals surface area contributed by atoms with Gasteiger partial charge in [-0.25, -0.2) is 0 Å². The third-order valence-electron chi connectivity index (χ3n) is 3.31. The number of hydrogen-bond acceptors (Lipinski definition) is 2. The van der Waals surface area contributed by atoms with E-state index in [4.69, 9.17) is 16.3 Å². The van der Waals surface area contributed by atoms with Gasteiger partial charge in [-0.1, -0.05) is 19.3 Å². The fraction of sp³-hybridized carbons (Fsp3) is 1.00. The molecule has 2 nitrogen and oxygen atoms in total. The van der Waals surface area contributed by atoms with E-state index < -0.39 is 0 Å². The van der Waals surface area contributed by atoms with Crippen molar-refractivity contribution < 1.29 is 4.74 Å². The lowest BCUT2D eigenvalue weighted by molar-refractivity contribution is 0.187. The maximum atomic E-state index is 6.36. The van der Waals surface area contributed by atoms with Crippen LogP contribution >= 0.6 is 11.6 Å². The van der Waals surface area contributed by atoms with Gasteiger partial charge in [-0.05, 0) is 19.3 Å². The van der Waals surface area contributed by atoms with E-state index in [-0.39, 0.29) is 0 Å². The molecule has 2 rings (SSSR count). The molecule has 0 aromatic carbocycles. The van der Waals surface area contributed by atoms with Gasteiger partial charge in [0.25, 0.3) is 0 Å². The minimum Gasteiger partial charge on any atom is -0.380 e. The van der Waals surface area contributed by atoms with Crippen LogP contribution in [-0.2, 0) is 4.74 Å². The van der Waals surface area contributed by atoms with Crippen LogP contribution < -0.4 is 5.32 Å². The summed E-state index contributed by atoms with van der Waals surface area (Å²) >= 11 is 6.36. The smallest absolute Gasteiger partial charge is 0.0620 e. The molecule has 3 heteroatoms. The Labute approximate surface area is 91.3 Å². The van der Waals surface area contributed by atoms with Crippen LogP contribution in [0, 0.1) is 0 Å². The van der Waals surface area contributed by atoms with Gasteiger partial charge in [-0.2, -0.15) is 0 Å². The molecule has 0 amide bonds. The van der Waals surface area contributed by atoms with Gasteiger partial charge in [-0.3, -0.25) is 0 Å². The Balaban J connectivity index is 1.81. The second-order valence-electron chi connectivity index (χ2n) is 4.49. The van der Waals surface area contributed by atoms with Crippen molar-refractivity contribution in [1.82, 2.24) is 5.32 Å². The van der Waals surface area contributed by atoms with E-state index in [9.17, 15) is 0 Å². The van der Waals surface area contributed by atoms with E-state index in [1.165, 1.54) is 32.1 Å². The fourth-order valence-electron chi connectivity index (χ4n) is 2.42.